The van der Waals surface area contributed by atoms with Crippen molar-refractivity contribution in [2.45, 2.75) is 45.7 Å². The van der Waals surface area contributed by atoms with Gasteiger partial charge in [0, 0.05) is 48.5 Å². The van der Waals surface area contributed by atoms with E-state index in [0.717, 1.165) is 54.2 Å². The van der Waals surface area contributed by atoms with Gasteiger partial charge in [0.1, 0.15) is 11.8 Å². The molecule has 10 heteroatoms. The summed E-state index contributed by atoms with van der Waals surface area (Å²) in [6.07, 6.45) is 0.841. The number of halogens is 1. The fourth-order valence-electron chi connectivity index (χ4n) is 5.12. The van der Waals surface area contributed by atoms with E-state index >= 15 is 0 Å². The quantitative estimate of drug-likeness (QED) is 0.371. The van der Waals surface area contributed by atoms with Gasteiger partial charge < -0.3 is 14.6 Å². The molecular formula is C28H34ClN7O2. The molecular weight excluding hydrogens is 502 g/mol. The van der Waals surface area contributed by atoms with Crippen LogP contribution in [0.2, 0.25) is 5.02 Å². The second-order valence-electron chi connectivity index (χ2n) is 10.5. The third-order valence-electron chi connectivity index (χ3n) is 7.74. The molecule has 1 aliphatic rings. The van der Waals surface area contributed by atoms with E-state index in [-0.39, 0.29) is 11.1 Å². The molecule has 2 aromatic carbocycles. The fraction of sp³-hybridized carbons (Fsp3) is 0.429. The predicted octanol–water partition coefficient (Wildman–Crippen LogP) is 4.54. The van der Waals surface area contributed by atoms with Crippen LogP contribution < -0.4 is 15.2 Å². The lowest BCUT2D eigenvalue weighted by molar-refractivity contribution is 0.186. The minimum Gasteiger partial charge on any atom is -0.497 e. The highest BCUT2D eigenvalue weighted by Gasteiger charge is 2.36. The Hall–Kier alpha value is -3.43. The Morgan fingerprint density at radius 1 is 1.11 bits per heavy atom. The average molecular weight is 536 g/mol. The molecule has 5 rings (SSSR count). The molecule has 38 heavy (non-hydrogen) atoms. The number of fused-ring (bicyclic) bond motifs is 1. The summed E-state index contributed by atoms with van der Waals surface area (Å²) in [4.78, 5) is 21.3. The molecule has 0 amide bonds. The number of piperazine rings is 1. The Kier molecular flexibility index (Phi) is 7.15. The predicted molar refractivity (Wildman–Crippen MR) is 150 cm³/mol. The molecule has 2 aromatic heterocycles. The molecule has 1 fully saturated rings. The number of tetrazole rings is 1. The van der Waals surface area contributed by atoms with Gasteiger partial charge >= 0.3 is 0 Å². The van der Waals surface area contributed by atoms with Crippen molar-refractivity contribution in [2.75, 3.05) is 38.2 Å². The van der Waals surface area contributed by atoms with Crippen LogP contribution in [0.4, 0.5) is 5.69 Å². The van der Waals surface area contributed by atoms with Gasteiger partial charge in [-0.3, -0.25) is 9.69 Å². The number of aromatic amines is 1. The van der Waals surface area contributed by atoms with Crippen molar-refractivity contribution in [2.24, 2.45) is 0 Å². The van der Waals surface area contributed by atoms with Gasteiger partial charge in [-0.25, -0.2) is 4.68 Å². The van der Waals surface area contributed by atoms with Gasteiger partial charge in [0.25, 0.3) is 5.56 Å². The third-order valence-corrected chi connectivity index (χ3v) is 7.98. The molecule has 4 aromatic rings. The number of ether oxygens (including phenoxy) is 1. The summed E-state index contributed by atoms with van der Waals surface area (Å²) in [5.74, 6) is 1.36. The maximum absolute atomic E-state index is 13.6. The number of aromatic nitrogens is 5. The Bertz CT molecular complexity index is 1500. The molecule has 1 saturated heterocycles. The van der Waals surface area contributed by atoms with Gasteiger partial charge in [-0.05, 0) is 78.9 Å². The highest BCUT2D eigenvalue weighted by molar-refractivity contribution is 6.30. The molecule has 1 N–H and O–H groups in total. The number of nitrogens with zero attached hydrogens (tertiary/aromatic N) is 6. The van der Waals surface area contributed by atoms with E-state index in [0.29, 0.717) is 17.1 Å². The van der Waals surface area contributed by atoms with Crippen LogP contribution in [0.3, 0.4) is 0 Å². The Labute approximate surface area is 227 Å². The fourth-order valence-corrected chi connectivity index (χ4v) is 5.28. The summed E-state index contributed by atoms with van der Waals surface area (Å²) in [5.41, 5.74) is 3.21. The lowest BCUT2D eigenvalue weighted by Crippen LogP contribution is -2.49. The first-order valence-corrected chi connectivity index (χ1v) is 13.3. The number of aryl methyl sites for hydroxylation is 1. The minimum atomic E-state index is -0.409. The number of hydrogen-bond acceptors (Lipinski definition) is 7. The summed E-state index contributed by atoms with van der Waals surface area (Å²) in [6, 6.07) is 13.3. The molecule has 0 saturated carbocycles. The summed E-state index contributed by atoms with van der Waals surface area (Å²) in [5, 5.41) is 14.6. The highest BCUT2D eigenvalue weighted by Crippen LogP contribution is 2.33. The molecule has 0 aliphatic carbocycles. The minimum absolute atomic E-state index is 0.160. The Morgan fingerprint density at radius 3 is 2.58 bits per heavy atom. The number of H-pyrrole nitrogens is 1. The van der Waals surface area contributed by atoms with Crippen LogP contribution in [0, 0.1) is 6.92 Å². The maximum Gasteiger partial charge on any atom is 0.253 e. The van der Waals surface area contributed by atoms with Gasteiger partial charge in [-0.15, -0.1) is 5.10 Å². The molecule has 9 nitrogen and oxygen atoms in total. The molecule has 3 heterocycles. The number of pyridine rings is 1. The zero-order valence-electron chi connectivity index (χ0n) is 22.5. The zero-order valence-corrected chi connectivity index (χ0v) is 23.3. The second kappa shape index (κ2) is 10.4. The molecule has 1 unspecified atom stereocenters. The van der Waals surface area contributed by atoms with Crippen molar-refractivity contribution >= 4 is 28.2 Å². The van der Waals surface area contributed by atoms with E-state index in [2.05, 4.69) is 64.1 Å². The molecule has 0 radical (unpaired) electrons. The van der Waals surface area contributed by atoms with Gasteiger partial charge in [0.2, 0.25) is 0 Å². The molecule has 0 bridgehead atoms. The number of nitrogens with one attached hydrogen (secondary N) is 1. The zero-order chi connectivity index (χ0) is 27.0. The van der Waals surface area contributed by atoms with Crippen LogP contribution in [0.5, 0.6) is 5.75 Å². The first kappa shape index (κ1) is 26.2. The molecule has 1 atom stereocenters. The van der Waals surface area contributed by atoms with E-state index < -0.39 is 6.04 Å². The van der Waals surface area contributed by atoms with Crippen molar-refractivity contribution in [1.82, 2.24) is 30.1 Å². The van der Waals surface area contributed by atoms with E-state index in [9.17, 15) is 4.79 Å². The number of benzene rings is 2. The molecule has 200 valence electrons. The molecule has 0 spiro atoms. The number of rotatable bonds is 7. The Morgan fingerprint density at radius 2 is 1.87 bits per heavy atom. The lowest BCUT2D eigenvalue weighted by Gasteiger charge is -2.40. The van der Waals surface area contributed by atoms with Crippen LogP contribution in [0.25, 0.3) is 10.9 Å². The first-order chi connectivity index (χ1) is 18.2. The van der Waals surface area contributed by atoms with Crippen LogP contribution >= 0.6 is 11.6 Å². The van der Waals surface area contributed by atoms with E-state index in [1.165, 1.54) is 5.56 Å². The van der Waals surface area contributed by atoms with Crippen LogP contribution in [-0.2, 0) is 5.54 Å². The summed E-state index contributed by atoms with van der Waals surface area (Å²) < 4.78 is 7.23. The second-order valence-corrected chi connectivity index (χ2v) is 10.9. The topological polar surface area (TPSA) is 92.2 Å². The number of anilines is 1. The first-order valence-electron chi connectivity index (χ1n) is 13.0. The van der Waals surface area contributed by atoms with Gasteiger partial charge in [0.15, 0.2) is 5.82 Å². The third kappa shape index (κ3) is 4.88. The summed E-state index contributed by atoms with van der Waals surface area (Å²) >= 11 is 6.31. The SMILES string of the molecule is CCC(C)(C)n1nnnc1C(c1cc2ccc(OC)cc2[nH]c1=O)N1CCN(c2cc(Cl)ccc2C)CC1. The van der Waals surface area contributed by atoms with Gasteiger partial charge in [-0.2, -0.15) is 0 Å². The van der Waals surface area contributed by atoms with Crippen molar-refractivity contribution in [3.8, 4) is 5.75 Å². The van der Waals surface area contributed by atoms with Crippen LogP contribution in [0.15, 0.2) is 47.3 Å². The number of methoxy groups -OCH3 is 1. The van der Waals surface area contributed by atoms with Crippen molar-refractivity contribution < 1.29 is 4.74 Å². The number of hydrogen-bond donors (Lipinski definition) is 1. The lowest BCUT2D eigenvalue weighted by atomic mass is 9.98. The largest absolute Gasteiger partial charge is 0.497 e. The standard InChI is InChI=1S/C28H34ClN7O2/c1-6-28(3,4)36-26(31-32-33-36)25(22-15-19-8-10-21(38-5)17-23(19)30-27(22)37)35-13-11-34(12-14-35)24-16-20(29)9-7-18(24)2/h7-10,15-17,25H,6,11-14H2,1-5H3,(H,30,37). The average Bonchev–Trinajstić information content (AvgIpc) is 3.41. The summed E-state index contributed by atoms with van der Waals surface area (Å²) in [7, 11) is 1.61. The van der Waals surface area contributed by atoms with E-state index in [1.807, 2.05) is 41.1 Å². The Balaban J connectivity index is 1.56. The van der Waals surface area contributed by atoms with Gasteiger partial charge in [-0.1, -0.05) is 24.6 Å². The van der Waals surface area contributed by atoms with E-state index in [1.54, 1.807) is 7.11 Å². The summed E-state index contributed by atoms with van der Waals surface area (Å²) in [6.45, 7) is 11.5. The van der Waals surface area contributed by atoms with Crippen LogP contribution in [-0.4, -0.2) is 63.4 Å². The van der Waals surface area contributed by atoms with E-state index in [4.69, 9.17) is 16.3 Å². The van der Waals surface area contributed by atoms with Crippen molar-refractivity contribution in [3.63, 3.8) is 0 Å². The highest BCUT2D eigenvalue weighted by atomic mass is 35.5. The normalized spacial score (nSPS) is 15.7. The maximum atomic E-state index is 13.6. The van der Waals surface area contributed by atoms with Crippen molar-refractivity contribution in [3.05, 3.63) is 74.8 Å². The van der Waals surface area contributed by atoms with Crippen molar-refractivity contribution in [1.29, 1.82) is 0 Å². The van der Waals surface area contributed by atoms with Gasteiger partial charge in [0.05, 0.1) is 18.2 Å². The smallest absolute Gasteiger partial charge is 0.253 e. The monoisotopic (exact) mass is 535 g/mol. The van der Waals surface area contributed by atoms with Crippen LogP contribution in [0.1, 0.15) is 50.2 Å². The molecule has 1 aliphatic heterocycles.